The number of hydrogen-bond acceptors (Lipinski definition) is 4. The Bertz CT molecular complexity index is 829. The molecule has 1 atom stereocenters. The number of sulfonamides is 1. The van der Waals surface area contributed by atoms with E-state index in [4.69, 9.17) is 0 Å². The Morgan fingerprint density at radius 1 is 1.42 bits per heavy atom. The molecule has 0 fully saturated rings. The standard InChI is InChI=1S/C16H22N4O3S/c1-12-6-5-7-15(8-12)20(24(4,22)23)11-16(21)18-13(2)14-9-17-19(3)10-14/h5-10,13H,11H2,1-4H3,(H,18,21)/t13-/m1/s1. The lowest BCUT2D eigenvalue weighted by Gasteiger charge is -2.23. The van der Waals surface area contributed by atoms with Gasteiger partial charge in [0, 0.05) is 18.8 Å². The lowest BCUT2D eigenvalue weighted by molar-refractivity contribution is -0.120. The van der Waals surface area contributed by atoms with Crippen LogP contribution in [0.15, 0.2) is 36.7 Å². The topological polar surface area (TPSA) is 84.3 Å². The predicted octanol–water partition coefficient (Wildman–Crippen LogP) is 1.37. The highest BCUT2D eigenvalue weighted by Gasteiger charge is 2.22. The van der Waals surface area contributed by atoms with Crippen molar-refractivity contribution < 1.29 is 13.2 Å². The third kappa shape index (κ3) is 4.58. The van der Waals surface area contributed by atoms with Gasteiger partial charge in [-0.15, -0.1) is 0 Å². The summed E-state index contributed by atoms with van der Waals surface area (Å²) in [7, 11) is -1.78. The second-order valence-corrected chi connectivity index (χ2v) is 7.75. The van der Waals surface area contributed by atoms with Crippen molar-refractivity contribution in [3.8, 4) is 0 Å². The van der Waals surface area contributed by atoms with Gasteiger partial charge < -0.3 is 5.32 Å². The summed E-state index contributed by atoms with van der Waals surface area (Å²) in [5, 5.41) is 6.86. The number of aryl methyl sites for hydroxylation is 2. The highest BCUT2D eigenvalue weighted by Crippen LogP contribution is 2.19. The number of rotatable bonds is 6. The van der Waals surface area contributed by atoms with Gasteiger partial charge in [-0.1, -0.05) is 12.1 Å². The molecule has 24 heavy (non-hydrogen) atoms. The average molecular weight is 350 g/mol. The highest BCUT2D eigenvalue weighted by molar-refractivity contribution is 7.92. The van der Waals surface area contributed by atoms with Gasteiger partial charge in [-0.25, -0.2) is 8.42 Å². The molecule has 130 valence electrons. The largest absolute Gasteiger partial charge is 0.348 e. The van der Waals surface area contributed by atoms with Crippen LogP contribution >= 0.6 is 0 Å². The zero-order chi connectivity index (χ0) is 17.9. The quantitative estimate of drug-likeness (QED) is 0.853. The molecule has 1 aromatic carbocycles. The van der Waals surface area contributed by atoms with Crippen molar-refractivity contribution in [1.82, 2.24) is 15.1 Å². The number of nitrogens with one attached hydrogen (secondary N) is 1. The fourth-order valence-corrected chi connectivity index (χ4v) is 3.20. The Hall–Kier alpha value is -2.35. The van der Waals surface area contributed by atoms with E-state index in [-0.39, 0.29) is 18.5 Å². The summed E-state index contributed by atoms with van der Waals surface area (Å²) >= 11 is 0. The van der Waals surface area contributed by atoms with Crippen LogP contribution in [0.2, 0.25) is 0 Å². The van der Waals surface area contributed by atoms with Crippen LogP contribution in [-0.2, 0) is 21.9 Å². The summed E-state index contributed by atoms with van der Waals surface area (Å²) in [6.45, 7) is 3.42. The van der Waals surface area contributed by atoms with Crippen molar-refractivity contribution in [3.63, 3.8) is 0 Å². The van der Waals surface area contributed by atoms with E-state index in [1.807, 2.05) is 19.9 Å². The van der Waals surface area contributed by atoms with Gasteiger partial charge in [0.15, 0.2) is 0 Å². The number of anilines is 1. The Kier molecular flexibility index (Phi) is 5.28. The molecule has 2 aromatic rings. The molecule has 1 N–H and O–H groups in total. The van der Waals surface area contributed by atoms with E-state index in [0.29, 0.717) is 5.69 Å². The molecule has 0 unspecified atom stereocenters. The molecule has 7 nitrogen and oxygen atoms in total. The second-order valence-electron chi connectivity index (χ2n) is 5.85. The van der Waals surface area contributed by atoms with E-state index in [9.17, 15) is 13.2 Å². The molecule has 8 heteroatoms. The van der Waals surface area contributed by atoms with Crippen LogP contribution in [0.25, 0.3) is 0 Å². The monoisotopic (exact) mass is 350 g/mol. The van der Waals surface area contributed by atoms with Gasteiger partial charge in [-0.05, 0) is 31.5 Å². The van der Waals surface area contributed by atoms with Crippen molar-refractivity contribution >= 4 is 21.6 Å². The molecule has 0 saturated heterocycles. The fourth-order valence-electron chi connectivity index (χ4n) is 2.35. The van der Waals surface area contributed by atoms with E-state index >= 15 is 0 Å². The van der Waals surface area contributed by atoms with Crippen LogP contribution in [-0.4, -0.2) is 36.9 Å². The Labute approximate surface area is 142 Å². The van der Waals surface area contributed by atoms with E-state index in [0.717, 1.165) is 21.7 Å². The summed E-state index contributed by atoms with van der Waals surface area (Å²) in [4.78, 5) is 12.3. The van der Waals surface area contributed by atoms with E-state index < -0.39 is 10.0 Å². The number of aromatic nitrogens is 2. The molecule has 1 aromatic heterocycles. The maximum absolute atomic E-state index is 12.3. The predicted molar refractivity (Wildman–Crippen MR) is 93.1 cm³/mol. The molecular formula is C16H22N4O3S. The van der Waals surface area contributed by atoms with Gasteiger partial charge in [-0.3, -0.25) is 13.8 Å². The first-order valence-corrected chi connectivity index (χ1v) is 9.34. The van der Waals surface area contributed by atoms with E-state index in [1.54, 1.807) is 42.3 Å². The molecule has 0 radical (unpaired) electrons. The Morgan fingerprint density at radius 3 is 2.67 bits per heavy atom. The zero-order valence-corrected chi connectivity index (χ0v) is 15.0. The first-order chi connectivity index (χ1) is 11.2. The van der Waals surface area contributed by atoms with Crippen molar-refractivity contribution in [1.29, 1.82) is 0 Å². The van der Waals surface area contributed by atoms with E-state index in [1.165, 1.54) is 0 Å². The molecule has 0 bridgehead atoms. The number of carbonyl (C=O) groups is 1. The molecule has 0 saturated carbocycles. The van der Waals surface area contributed by atoms with E-state index in [2.05, 4.69) is 10.4 Å². The summed E-state index contributed by atoms with van der Waals surface area (Å²) in [5.41, 5.74) is 2.25. The SMILES string of the molecule is Cc1cccc(N(CC(=O)N[C@H](C)c2cnn(C)c2)S(C)(=O)=O)c1. The van der Waals surface area contributed by atoms with Gasteiger partial charge in [0.25, 0.3) is 0 Å². The molecule has 0 spiro atoms. The fraction of sp³-hybridized carbons (Fsp3) is 0.375. The smallest absolute Gasteiger partial charge is 0.241 e. The third-order valence-electron chi connectivity index (χ3n) is 3.58. The van der Waals surface area contributed by atoms with Crippen molar-refractivity contribution in [3.05, 3.63) is 47.8 Å². The number of carbonyl (C=O) groups excluding carboxylic acids is 1. The highest BCUT2D eigenvalue weighted by atomic mass is 32.2. The van der Waals surface area contributed by atoms with Crippen LogP contribution < -0.4 is 9.62 Å². The van der Waals surface area contributed by atoms with Crippen LogP contribution in [0, 0.1) is 6.92 Å². The minimum Gasteiger partial charge on any atom is -0.348 e. The lowest BCUT2D eigenvalue weighted by Crippen LogP contribution is -2.41. The number of amides is 1. The zero-order valence-electron chi connectivity index (χ0n) is 14.2. The molecule has 2 rings (SSSR count). The second kappa shape index (κ2) is 7.04. The first-order valence-electron chi connectivity index (χ1n) is 7.49. The number of hydrogen-bond donors (Lipinski definition) is 1. The minimum absolute atomic E-state index is 0.259. The summed E-state index contributed by atoms with van der Waals surface area (Å²) in [6, 6.07) is 6.78. The molecule has 1 amide bonds. The molecule has 0 aliphatic rings. The van der Waals surface area contributed by atoms with Crippen LogP contribution in [0.4, 0.5) is 5.69 Å². The van der Waals surface area contributed by atoms with Crippen LogP contribution in [0.5, 0.6) is 0 Å². The van der Waals surface area contributed by atoms with Crippen molar-refractivity contribution in [2.75, 3.05) is 17.1 Å². The first kappa shape index (κ1) is 18.0. The van der Waals surface area contributed by atoms with Gasteiger partial charge in [-0.2, -0.15) is 5.10 Å². The molecule has 0 aliphatic heterocycles. The van der Waals surface area contributed by atoms with Gasteiger partial charge in [0.05, 0.1) is 24.2 Å². The Morgan fingerprint density at radius 2 is 2.12 bits per heavy atom. The van der Waals surface area contributed by atoms with Crippen molar-refractivity contribution in [2.45, 2.75) is 19.9 Å². The summed E-state index contributed by atoms with van der Waals surface area (Å²) < 4.78 is 26.9. The van der Waals surface area contributed by atoms with Gasteiger partial charge in [0.1, 0.15) is 6.54 Å². The van der Waals surface area contributed by atoms with Gasteiger partial charge >= 0.3 is 0 Å². The molecule has 0 aliphatic carbocycles. The average Bonchev–Trinajstić information content (AvgIpc) is 2.90. The van der Waals surface area contributed by atoms with Crippen LogP contribution in [0.1, 0.15) is 24.1 Å². The molecular weight excluding hydrogens is 328 g/mol. The Balaban J connectivity index is 2.13. The maximum Gasteiger partial charge on any atom is 0.241 e. The normalized spacial score (nSPS) is 12.7. The summed E-state index contributed by atoms with van der Waals surface area (Å²) in [5.74, 6) is -0.377. The summed E-state index contributed by atoms with van der Waals surface area (Å²) in [6.07, 6.45) is 4.56. The number of benzene rings is 1. The minimum atomic E-state index is -3.57. The van der Waals surface area contributed by atoms with Crippen molar-refractivity contribution in [2.24, 2.45) is 7.05 Å². The van der Waals surface area contributed by atoms with Gasteiger partial charge in [0.2, 0.25) is 15.9 Å². The number of nitrogens with zero attached hydrogens (tertiary/aromatic N) is 3. The lowest BCUT2D eigenvalue weighted by atomic mass is 10.2. The third-order valence-corrected chi connectivity index (χ3v) is 4.72. The maximum atomic E-state index is 12.3. The van der Waals surface area contributed by atoms with Crippen LogP contribution in [0.3, 0.4) is 0 Å². The molecule has 1 heterocycles.